The first-order valence-electron chi connectivity index (χ1n) is 6.06. The van der Waals surface area contributed by atoms with Crippen LogP contribution in [0.5, 0.6) is 0 Å². The van der Waals surface area contributed by atoms with E-state index in [1.807, 2.05) is 49.5 Å². The molecule has 100 valence electrons. The monoisotopic (exact) mass is 294 g/mol. The standard InChI is InChI=1S/C15H16Cl2N2/c1-19(12-5-3-2-4-6-12)15(10-18)13-8-7-11(16)9-14(13)17/h2-9,15H,10,18H2,1H3. The van der Waals surface area contributed by atoms with Crippen molar-refractivity contribution in [3.63, 3.8) is 0 Å². The molecule has 0 saturated heterocycles. The van der Waals surface area contributed by atoms with E-state index in [4.69, 9.17) is 28.9 Å². The summed E-state index contributed by atoms with van der Waals surface area (Å²) in [6.07, 6.45) is 0. The maximum Gasteiger partial charge on any atom is 0.0676 e. The van der Waals surface area contributed by atoms with Crippen LogP contribution < -0.4 is 10.6 Å². The third kappa shape index (κ3) is 3.21. The Morgan fingerprint density at radius 3 is 2.37 bits per heavy atom. The molecule has 0 aliphatic rings. The number of anilines is 1. The molecule has 4 heteroatoms. The summed E-state index contributed by atoms with van der Waals surface area (Å²) in [6.45, 7) is 0.479. The van der Waals surface area contributed by atoms with Crippen LogP contribution in [0.4, 0.5) is 5.69 Å². The van der Waals surface area contributed by atoms with Gasteiger partial charge in [0.25, 0.3) is 0 Å². The van der Waals surface area contributed by atoms with Crippen molar-refractivity contribution in [2.75, 3.05) is 18.5 Å². The zero-order chi connectivity index (χ0) is 13.8. The normalized spacial score (nSPS) is 12.2. The lowest BCUT2D eigenvalue weighted by atomic mass is 10.0. The van der Waals surface area contributed by atoms with Crippen molar-refractivity contribution in [3.8, 4) is 0 Å². The summed E-state index contributed by atoms with van der Waals surface area (Å²) in [6, 6.07) is 15.6. The number of para-hydroxylation sites is 1. The first kappa shape index (κ1) is 14.2. The first-order chi connectivity index (χ1) is 9.13. The van der Waals surface area contributed by atoms with Gasteiger partial charge in [0.15, 0.2) is 0 Å². The quantitative estimate of drug-likeness (QED) is 0.919. The number of nitrogens with zero attached hydrogens (tertiary/aromatic N) is 1. The molecule has 2 nitrogen and oxygen atoms in total. The minimum atomic E-state index is 0.0205. The van der Waals surface area contributed by atoms with Crippen LogP contribution >= 0.6 is 23.2 Å². The van der Waals surface area contributed by atoms with Crippen LogP contribution in [0, 0.1) is 0 Å². The van der Waals surface area contributed by atoms with E-state index in [2.05, 4.69) is 4.90 Å². The predicted molar refractivity (Wildman–Crippen MR) is 83.1 cm³/mol. The van der Waals surface area contributed by atoms with Crippen LogP contribution in [0.25, 0.3) is 0 Å². The molecule has 0 spiro atoms. The fraction of sp³-hybridized carbons (Fsp3) is 0.200. The van der Waals surface area contributed by atoms with E-state index in [0.29, 0.717) is 16.6 Å². The number of likely N-dealkylation sites (N-methyl/N-ethyl adjacent to an activating group) is 1. The molecular weight excluding hydrogens is 279 g/mol. The van der Waals surface area contributed by atoms with Gasteiger partial charge in [-0.05, 0) is 29.8 Å². The molecule has 0 amide bonds. The lowest BCUT2D eigenvalue weighted by molar-refractivity contribution is 0.681. The van der Waals surface area contributed by atoms with Gasteiger partial charge in [-0.3, -0.25) is 0 Å². The molecule has 19 heavy (non-hydrogen) atoms. The Morgan fingerprint density at radius 2 is 1.79 bits per heavy atom. The molecule has 0 heterocycles. The van der Waals surface area contributed by atoms with Crippen LogP contribution in [0.3, 0.4) is 0 Å². The van der Waals surface area contributed by atoms with Gasteiger partial charge in [-0.2, -0.15) is 0 Å². The SMILES string of the molecule is CN(c1ccccc1)C(CN)c1ccc(Cl)cc1Cl. The molecule has 2 aromatic rings. The highest BCUT2D eigenvalue weighted by Gasteiger charge is 2.18. The molecule has 0 fully saturated rings. The van der Waals surface area contributed by atoms with Crippen LogP contribution in [-0.4, -0.2) is 13.6 Å². The zero-order valence-electron chi connectivity index (χ0n) is 10.7. The fourth-order valence-corrected chi connectivity index (χ4v) is 2.64. The number of hydrogen-bond acceptors (Lipinski definition) is 2. The van der Waals surface area contributed by atoms with Crippen LogP contribution in [0.15, 0.2) is 48.5 Å². The molecule has 0 saturated carbocycles. The largest absolute Gasteiger partial charge is 0.366 e. The van der Waals surface area contributed by atoms with E-state index >= 15 is 0 Å². The summed E-state index contributed by atoms with van der Waals surface area (Å²) in [5, 5.41) is 1.28. The predicted octanol–water partition coefficient (Wildman–Crippen LogP) is 4.13. The van der Waals surface area contributed by atoms with Crippen molar-refractivity contribution in [2.24, 2.45) is 5.73 Å². The molecule has 1 atom stereocenters. The van der Waals surface area contributed by atoms with Crippen LogP contribution in [-0.2, 0) is 0 Å². The van der Waals surface area contributed by atoms with Gasteiger partial charge in [-0.1, -0.05) is 47.5 Å². The van der Waals surface area contributed by atoms with Gasteiger partial charge in [-0.15, -0.1) is 0 Å². The molecule has 2 rings (SSSR count). The topological polar surface area (TPSA) is 29.3 Å². The van der Waals surface area contributed by atoms with Crippen molar-refractivity contribution < 1.29 is 0 Å². The Morgan fingerprint density at radius 1 is 1.11 bits per heavy atom. The second-order valence-electron chi connectivity index (χ2n) is 4.36. The number of nitrogens with two attached hydrogens (primary N) is 1. The second kappa shape index (κ2) is 6.29. The highest BCUT2D eigenvalue weighted by atomic mass is 35.5. The molecule has 2 N–H and O–H groups in total. The summed E-state index contributed by atoms with van der Waals surface area (Å²) in [5.41, 5.74) is 8.00. The van der Waals surface area contributed by atoms with Crippen molar-refractivity contribution in [2.45, 2.75) is 6.04 Å². The zero-order valence-corrected chi connectivity index (χ0v) is 12.2. The van der Waals surface area contributed by atoms with E-state index in [1.54, 1.807) is 6.07 Å². The van der Waals surface area contributed by atoms with Crippen molar-refractivity contribution in [1.82, 2.24) is 0 Å². The molecule has 1 unspecified atom stereocenters. The maximum absolute atomic E-state index is 6.27. The summed E-state index contributed by atoms with van der Waals surface area (Å²) in [5.74, 6) is 0. The number of rotatable bonds is 4. The molecular formula is C15H16Cl2N2. The highest BCUT2D eigenvalue weighted by molar-refractivity contribution is 6.35. The Labute approximate surface area is 123 Å². The fourth-order valence-electron chi connectivity index (χ4n) is 2.11. The van der Waals surface area contributed by atoms with E-state index in [0.717, 1.165) is 11.3 Å². The minimum Gasteiger partial charge on any atom is -0.366 e. The van der Waals surface area contributed by atoms with Crippen LogP contribution in [0.2, 0.25) is 10.0 Å². The number of benzene rings is 2. The highest BCUT2D eigenvalue weighted by Crippen LogP contribution is 2.31. The van der Waals surface area contributed by atoms with Gasteiger partial charge in [0.1, 0.15) is 0 Å². The summed E-state index contributed by atoms with van der Waals surface area (Å²) >= 11 is 12.2. The third-order valence-electron chi connectivity index (χ3n) is 3.18. The average molecular weight is 295 g/mol. The number of hydrogen-bond donors (Lipinski definition) is 1. The third-order valence-corrected chi connectivity index (χ3v) is 3.74. The van der Waals surface area contributed by atoms with Gasteiger partial charge >= 0.3 is 0 Å². The van der Waals surface area contributed by atoms with Gasteiger partial charge in [0, 0.05) is 29.3 Å². The summed E-state index contributed by atoms with van der Waals surface area (Å²) in [7, 11) is 2.01. The Balaban J connectivity index is 2.34. The lowest BCUT2D eigenvalue weighted by Crippen LogP contribution is -2.30. The van der Waals surface area contributed by atoms with Gasteiger partial charge in [0.2, 0.25) is 0 Å². The second-order valence-corrected chi connectivity index (χ2v) is 5.21. The van der Waals surface area contributed by atoms with Crippen molar-refractivity contribution in [1.29, 1.82) is 0 Å². The molecule has 0 aromatic heterocycles. The number of halogens is 2. The molecule has 0 bridgehead atoms. The van der Waals surface area contributed by atoms with Gasteiger partial charge in [-0.25, -0.2) is 0 Å². The molecule has 0 radical (unpaired) electrons. The first-order valence-corrected chi connectivity index (χ1v) is 6.82. The van der Waals surface area contributed by atoms with Crippen molar-refractivity contribution >= 4 is 28.9 Å². The van der Waals surface area contributed by atoms with E-state index in [9.17, 15) is 0 Å². The summed E-state index contributed by atoms with van der Waals surface area (Å²) < 4.78 is 0. The van der Waals surface area contributed by atoms with Crippen molar-refractivity contribution in [3.05, 3.63) is 64.1 Å². The smallest absolute Gasteiger partial charge is 0.0676 e. The van der Waals surface area contributed by atoms with E-state index in [1.165, 1.54) is 0 Å². The molecule has 0 aliphatic heterocycles. The molecule has 2 aromatic carbocycles. The van der Waals surface area contributed by atoms with Crippen LogP contribution in [0.1, 0.15) is 11.6 Å². The minimum absolute atomic E-state index is 0.0205. The Kier molecular flexibility index (Phi) is 4.70. The Bertz CT molecular complexity index is 543. The molecule has 0 aliphatic carbocycles. The Hall–Kier alpha value is -1.22. The average Bonchev–Trinajstić information content (AvgIpc) is 2.42. The van der Waals surface area contributed by atoms with Gasteiger partial charge < -0.3 is 10.6 Å². The summed E-state index contributed by atoms with van der Waals surface area (Å²) in [4.78, 5) is 2.12. The van der Waals surface area contributed by atoms with E-state index in [-0.39, 0.29) is 6.04 Å². The van der Waals surface area contributed by atoms with Gasteiger partial charge in [0.05, 0.1) is 6.04 Å². The van der Waals surface area contributed by atoms with E-state index < -0.39 is 0 Å². The lowest BCUT2D eigenvalue weighted by Gasteiger charge is -2.30. The maximum atomic E-state index is 6.27.